The van der Waals surface area contributed by atoms with E-state index in [1.165, 1.54) is 25.7 Å². The Morgan fingerprint density at radius 3 is 2.64 bits per heavy atom. The summed E-state index contributed by atoms with van der Waals surface area (Å²) in [5.41, 5.74) is 0. The average molecular weight is 199 g/mol. The zero-order valence-corrected chi connectivity index (χ0v) is 9.88. The normalized spacial score (nSPS) is 20.8. The molecule has 0 amide bonds. The summed E-state index contributed by atoms with van der Waals surface area (Å²) in [5, 5.41) is 3.64. The fourth-order valence-corrected chi connectivity index (χ4v) is 1.99. The fraction of sp³-hybridized carbons (Fsp3) is 1.00. The van der Waals surface area contributed by atoms with Gasteiger partial charge in [-0.2, -0.15) is 0 Å². The molecule has 2 nitrogen and oxygen atoms in total. The molecule has 1 aliphatic rings. The van der Waals surface area contributed by atoms with Crippen LogP contribution in [0.25, 0.3) is 0 Å². The van der Waals surface area contributed by atoms with Crippen LogP contribution in [0.4, 0.5) is 0 Å². The first-order valence-corrected chi connectivity index (χ1v) is 6.00. The lowest BCUT2D eigenvalue weighted by atomic mass is 10.1. The molecule has 0 aromatic heterocycles. The average Bonchev–Trinajstić information content (AvgIpc) is 2.96. The van der Waals surface area contributed by atoms with Gasteiger partial charge in [0.2, 0.25) is 0 Å². The highest BCUT2D eigenvalue weighted by Gasteiger charge is 2.30. The van der Waals surface area contributed by atoms with Crippen LogP contribution in [0, 0.1) is 11.8 Å². The lowest BCUT2D eigenvalue weighted by molar-refractivity contribution is 0.155. The van der Waals surface area contributed by atoms with Gasteiger partial charge in [0.15, 0.2) is 0 Å². The number of hydrogen-bond donors (Lipinski definition) is 1. The monoisotopic (exact) mass is 199 g/mol. The van der Waals surface area contributed by atoms with E-state index in [9.17, 15) is 0 Å². The predicted octanol–water partition coefficient (Wildman–Crippen LogP) is 2.44. The Labute approximate surface area is 88.4 Å². The van der Waals surface area contributed by atoms with Crippen molar-refractivity contribution < 1.29 is 4.74 Å². The van der Waals surface area contributed by atoms with Gasteiger partial charge in [0, 0.05) is 13.2 Å². The summed E-state index contributed by atoms with van der Waals surface area (Å²) in [6.45, 7) is 6.61. The molecule has 0 aromatic rings. The lowest BCUT2D eigenvalue weighted by Crippen LogP contribution is -2.37. The summed E-state index contributed by atoms with van der Waals surface area (Å²) >= 11 is 0. The predicted molar refractivity (Wildman–Crippen MR) is 60.5 cm³/mol. The second kappa shape index (κ2) is 6.41. The molecule has 1 saturated carbocycles. The van der Waals surface area contributed by atoms with E-state index in [-0.39, 0.29) is 0 Å². The van der Waals surface area contributed by atoms with E-state index >= 15 is 0 Å². The first kappa shape index (κ1) is 12.0. The maximum absolute atomic E-state index is 5.24. The second-order valence-electron chi connectivity index (χ2n) is 4.70. The van der Waals surface area contributed by atoms with E-state index in [0.717, 1.165) is 25.0 Å². The quantitative estimate of drug-likeness (QED) is 0.648. The Bertz CT molecular complexity index is 145. The second-order valence-corrected chi connectivity index (χ2v) is 4.70. The minimum Gasteiger partial charge on any atom is -0.383 e. The van der Waals surface area contributed by atoms with E-state index in [2.05, 4.69) is 19.2 Å². The van der Waals surface area contributed by atoms with Gasteiger partial charge in [0.25, 0.3) is 0 Å². The van der Waals surface area contributed by atoms with E-state index in [0.29, 0.717) is 6.04 Å². The molecule has 0 spiro atoms. The van der Waals surface area contributed by atoms with Crippen LogP contribution in [0.5, 0.6) is 0 Å². The maximum Gasteiger partial charge on any atom is 0.0618 e. The molecule has 1 N–H and O–H groups in total. The molecule has 2 atom stereocenters. The molecular formula is C12H25NO. The minimum absolute atomic E-state index is 0.610. The molecule has 0 saturated heterocycles. The zero-order valence-electron chi connectivity index (χ0n) is 9.88. The molecule has 1 aliphatic carbocycles. The van der Waals surface area contributed by atoms with Gasteiger partial charge in [-0.15, -0.1) is 0 Å². The van der Waals surface area contributed by atoms with Crippen LogP contribution in [-0.2, 0) is 4.74 Å². The maximum atomic E-state index is 5.24. The molecule has 0 bridgehead atoms. The molecule has 0 aliphatic heterocycles. The Morgan fingerprint density at radius 1 is 1.43 bits per heavy atom. The van der Waals surface area contributed by atoms with E-state index in [4.69, 9.17) is 4.74 Å². The molecule has 14 heavy (non-hydrogen) atoms. The van der Waals surface area contributed by atoms with Crippen LogP contribution in [-0.4, -0.2) is 26.3 Å². The topological polar surface area (TPSA) is 21.3 Å². The van der Waals surface area contributed by atoms with Gasteiger partial charge in [-0.05, 0) is 37.6 Å². The van der Waals surface area contributed by atoms with Crippen molar-refractivity contribution in [1.29, 1.82) is 0 Å². The largest absolute Gasteiger partial charge is 0.383 e. The van der Waals surface area contributed by atoms with E-state index in [1.807, 2.05) is 0 Å². The van der Waals surface area contributed by atoms with Gasteiger partial charge >= 0.3 is 0 Å². The Morgan fingerprint density at radius 2 is 2.14 bits per heavy atom. The Balaban J connectivity index is 2.12. The van der Waals surface area contributed by atoms with Crippen molar-refractivity contribution in [2.75, 3.05) is 20.3 Å². The SMILES string of the molecule is CCCC(C)CNC(COC)C1CC1. The number of ether oxygens (including phenoxy) is 1. The van der Waals surface area contributed by atoms with Crippen molar-refractivity contribution in [2.24, 2.45) is 11.8 Å². The van der Waals surface area contributed by atoms with Gasteiger partial charge < -0.3 is 10.1 Å². The number of hydrogen-bond acceptors (Lipinski definition) is 2. The summed E-state index contributed by atoms with van der Waals surface area (Å²) in [4.78, 5) is 0. The highest BCUT2D eigenvalue weighted by Crippen LogP contribution is 2.32. The highest BCUT2D eigenvalue weighted by molar-refractivity contribution is 4.86. The van der Waals surface area contributed by atoms with E-state index in [1.54, 1.807) is 7.11 Å². The molecular weight excluding hydrogens is 174 g/mol. The van der Waals surface area contributed by atoms with Crippen molar-refractivity contribution in [3.05, 3.63) is 0 Å². The molecule has 0 radical (unpaired) electrons. The van der Waals surface area contributed by atoms with Crippen LogP contribution < -0.4 is 5.32 Å². The van der Waals surface area contributed by atoms with Gasteiger partial charge in [-0.3, -0.25) is 0 Å². The molecule has 2 heteroatoms. The Kier molecular flexibility index (Phi) is 5.49. The fourth-order valence-electron chi connectivity index (χ4n) is 1.99. The van der Waals surface area contributed by atoms with Crippen molar-refractivity contribution in [3.63, 3.8) is 0 Å². The lowest BCUT2D eigenvalue weighted by Gasteiger charge is -2.20. The molecule has 1 fully saturated rings. The molecule has 84 valence electrons. The summed E-state index contributed by atoms with van der Waals surface area (Å²) in [6, 6.07) is 0.610. The van der Waals surface area contributed by atoms with Crippen molar-refractivity contribution in [3.8, 4) is 0 Å². The van der Waals surface area contributed by atoms with Crippen LogP contribution in [0.1, 0.15) is 39.5 Å². The van der Waals surface area contributed by atoms with Gasteiger partial charge in [0.05, 0.1) is 6.61 Å². The first-order valence-electron chi connectivity index (χ1n) is 6.00. The van der Waals surface area contributed by atoms with Gasteiger partial charge in [0.1, 0.15) is 0 Å². The van der Waals surface area contributed by atoms with Gasteiger partial charge in [-0.25, -0.2) is 0 Å². The number of rotatable bonds is 8. The number of methoxy groups -OCH3 is 1. The summed E-state index contributed by atoms with van der Waals surface area (Å²) in [5.74, 6) is 1.70. The standard InChI is InChI=1S/C12H25NO/c1-4-5-10(2)8-13-12(9-14-3)11-6-7-11/h10-13H,4-9H2,1-3H3. The van der Waals surface area contributed by atoms with Crippen LogP contribution in [0.3, 0.4) is 0 Å². The van der Waals surface area contributed by atoms with Crippen molar-refractivity contribution >= 4 is 0 Å². The minimum atomic E-state index is 0.610. The molecule has 1 rings (SSSR count). The summed E-state index contributed by atoms with van der Waals surface area (Å²) in [7, 11) is 1.80. The zero-order chi connectivity index (χ0) is 10.4. The molecule has 0 heterocycles. The third-order valence-electron chi connectivity index (χ3n) is 3.05. The summed E-state index contributed by atoms with van der Waals surface area (Å²) < 4.78 is 5.24. The Hall–Kier alpha value is -0.0800. The van der Waals surface area contributed by atoms with Crippen LogP contribution in [0.2, 0.25) is 0 Å². The van der Waals surface area contributed by atoms with Crippen molar-refractivity contribution in [2.45, 2.75) is 45.6 Å². The van der Waals surface area contributed by atoms with Crippen LogP contribution >= 0.6 is 0 Å². The van der Waals surface area contributed by atoms with E-state index < -0.39 is 0 Å². The first-order chi connectivity index (χ1) is 6.77. The highest BCUT2D eigenvalue weighted by atomic mass is 16.5. The third kappa shape index (κ3) is 4.43. The summed E-state index contributed by atoms with van der Waals surface area (Å²) in [6.07, 6.45) is 5.41. The smallest absolute Gasteiger partial charge is 0.0618 e. The van der Waals surface area contributed by atoms with Crippen LogP contribution in [0.15, 0.2) is 0 Å². The molecule has 0 aromatic carbocycles. The number of nitrogens with one attached hydrogen (secondary N) is 1. The molecule has 2 unspecified atom stereocenters. The van der Waals surface area contributed by atoms with Crippen molar-refractivity contribution in [1.82, 2.24) is 5.32 Å². The van der Waals surface area contributed by atoms with Gasteiger partial charge in [-0.1, -0.05) is 20.3 Å². The third-order valence-corrected chi connectivity index (χ3v) is 3.05.